The zero-order chi connectivity index (χ0) is 22.7. The van der Waals surface area contributed by atoms with Crippen LogP contribution < -0.4 is 0 Å². The van der Waals surface area contributed by atoms with Gasteiger partial charge in [0.25, 0.3) is 0 Å². The fraction of sp³-hybridized carbons (Fsp3) is 0.440. The summed E-state index contributed by atoms with van der Waals surface area (Å²) in [4.78, 5) is 20.7. The average Bonchev–Trinajstić information content (AvgIpc) is 3.12. The third-order valence-electron chi connectivity index (χ3n) is 6.47. The van der Waals surface area contributed by atoms with Gasteiger partial charge in [-0.3, -0.25) is 4.79 Å². The molecule has 2 aromatic carbocycles. The second-order valence-corrected chi connectivity index (χ2v) is 9.10. The summed E-state index contributed by atoms with van der Waals surface area (Å²) in [6.45, 7) is 6.76. The highest BCUT2D eigenvalue weighted by Crippen LogP contribution is 2.35. The van der Waals surface area contributed by atoms with Crippen LogP contribution in [0.3, 0.4) is 0 Å². The number of imidazole rings is 1. The Balaban J connectivity index is 1.62. The SMILES string of the molecule is CC(C)[C@@H]1CC[C@@H](C)CC1OC(=O)Cn1c(-c2ccc(N=[N+]=[N-])cc2)nc2ccccc21. The fourth-order valence-electron chi connectivity index (χ4n) is 4.77. The van der Waals surface area contributed by atoms with Crippen LogP contribution in [0.2, 0.25) is 0 Å². The van der Waals surface area contributed by atoms with Gasteiger partial charge >= 0.3 is 5.97 Å². The second kappa shape index (κ2) is 9.45. The van der Waals surface area contributed by atoms with Crippen molar-refractivity contribution >= 4 is 22.7 Å². The van der Waals surface area contributed by atoms with Gasteiger partial charge in [0, 0.05) is 16.2 Å². The lowest BCUT2D eigenvalue weighted by Crippen LogP contribution is -2.36. The molecule has 0 aliphatic heterocycles. The lowest BCUT2D eigenvalue weighted by atomic mass is 9.75. The van der Waals surface area contributed by atoms with Crippen LogP contribution in [0.4, 0.5) is 5.69 Å². The maximum absolute atomic E-state index is 13.1. The minimum absolute atomic E-state index is 0.0346. The van der Waals surface area contributed by atoms with Crippen LogP contribution in [0.15, 0.2) is 53.6 Å². The molecule has 0 saturated heterocycles. The topological polar surface area (TPSA) is 92.9 Å². The standard InChI is InChI=1S/C25H29N5O2/c1-16(2)20-13-8-17(3)14-23(20)32-24(31)15-30-22-7-5-4-6-21(22)27-25(30)18-9-11-19(12-10-18)28-29-26/h4-7,9-12,16-17,20,23H,8,13-15H2,1-3H3/t17-,20+,23?/m1/s1. The van der Waals surface area contributed by atoms with Crippen molar-refractivity contribution < 1.29 is 9.53 Å². The van der Waals surface area contributed by atoms with E-state index in [0.717, 1.165) is 29.4 Å². The van der Waals surface area contributed by atoms with Crippen molar-refractivity contribution in [2.24, 2.45) is 22.9 Å². The number of aromatic nitrogens is 2. The number of carbonyl (C=O) groups is 1. The molecule has 0 N–H and O–H groups in total. The Bertz CT molecular complexity index is 1140. The quantitative estimate of drug-likeness (QED) is 0.189. The van der Waals surface area contributed by atoms with E-state index in [9.17, 15) is 4.79 Å². The number of hydrogen-bond acceptors (Lipinski definition) is 4. The number of benzene rings is 2. The molecule has 0 spiro atoms. The summed E-state index contributed by atoms with van der Waals surface area (Å²) in [6.07, 6.45) is 3.19. The molecular weight excluding hydrogens is 402 g/mol. The predicted molar refractivity (Wildman–Crippen MR) is 125 cm³/mol. The van der Waals surface area contributed by atoms with Gasteiger partial charge in [-0.1, -0.05) is 68.7 Å². The highest BCUT2D eigenvalue weighted by Gasteiger charge is 2.33. The van der Waals surface area contributed by atoms with E-state index in [1.54, 1.807) is 12.1 Å². The summed E-state index contributed by atoms with van der Waals surface area (Å²) in [5, 5.41) is 3.63. The summed E-state index contributed by atoms with van der Waals surface area (Å²) < 4.78 is 7.97. The molecule has 0 amide bonds. The van der Waals surface area contributed by atoms with Crippen molar-refractivity contribution in [2.45, 2.75) is 52.7 Å². The number of nitrogens with zero attached hydrogens (tertiary/aromatic N) is 5. The Morgan fingerprint density at radius 1 is 1.22 bits per heavy atom. The molecular formula is C25H29N5O2. The highest BCUT2D eigenvalue weighted by atomic mass is 16.5. The van der Waals surface area contributed by atoms with E-state index in [1.807, 2.05) is 41.0 Å². The molecule has 7 heteroatoms. The van der Waals surface area contributed by atoms with E-state index in [2.05, 4.69) is 30.8 Å². The lowest BCUT2D eigenvalue weighted by molar-refractivity contribution is -0.156. The minimum Gasteiger partial charge on any atom is -0.461 e. The zero-order valence-electron chi connectivity index (χ0n) is 18.8. The lowest BCUT2D eigenvalue weighted by Gasteiger charge is -2.36. The van der Waals surface area contributed by atoms with E-state index in [1.165, 1.54) is 6.42 Å². The van der Waals surface area contributed by atoms with Crippen molar-refractivity contribution in [3.63, 3.8) is 0 Å². The number of rotatable bonds is 6. The van der Waals surface area contributed by atoms with Crippen LogP contribution in [-0.2, 0) is 16.1 Å². The van der Waals surface area contributed by atoms with Crippen LogP contribution >= 0.6 is 0 Å². The summed E-state index contributed by atoms with van der Waals surface area (Å²) >= 11 is 0. The Kier molecular flexibility index (Phi) is 6.47. The van der Waals surface area contributed by atoms with Gasteiger partial charge in [-0.25, -0.2) is 4.98 Å². The molecule has 166 valence electrons. The maximum Gasteiger partial charge on any atom is 0.326 e. The smallest absolute Gasteiger partial charge is 0.326 e. The van der Waals surface area contributed by atoms with Gasteiger partial charge < -0.3 is 9.30 Å². The molecule has 3 aromatic rings. The van der Waals surface area contributed by atoms with E-state index in [4.69, 9.17) is 15.3 Å². The van der Waals surface area contributed by atoms with Gasteiger partial charge in [0.2, 0.25) is 0 Å². The number of azide groups is 1. The van der Waals surface area contributed by atoms with E-state index < -0.39 is 0 Å². The summed E-state index contributed by atoms with van der Waals surface area (Å²) in [5.41, 5.74) is 11.7. The number of para-hydroxylation sites is 2. The number of esters is 1. The normalized spacial score (nSPS) is 20.8. The molecule has 0 radical (unpaired) electrons. The number of ether oxygens (including phenoxy) is 1. The molecule has 1 heterocycles. The van der Waals surface area contributed by atoms with Gasteiger partial charge in [-0.05, 0) is 48.3 Å². The highest BCUT2D eigenvalue weighted by molar-refractivity contribution is 5.83. The number of hydrogen-bond donors (Lipinski definition) is 0. The van der Waals surface area contributed by atoms with E-state index in [0.29, 0.717) is 29.3 Å². The van der Waals surface area contributed by atoms with Crippen molar-refractivity contribution in [1.82, 2.24) is 9.55 Å². The van der Waals surface area contributed by atoms with Crippen LogP contribution in [0.25, 0.3) is 32.9 Å². The molecule has 1 unspecified atom stereocenters. The Morgan fingerprint density at radius 3 is 2.69 bits per heavy atom. The molecule has 4 rings (SSSR count). The second-order valence-electron chi connectivity index (χ2n) is 9.10. The summed E-state index contributed by atoms with van der Waals surface area (Å²) in [5.74, 6) is 1.92. The largest absolute Gasteiger partial charge is 0.461 e. The van der Waals surface area contributed by atoms with Gasteiger partial charge in [0.15, 0.2) is 0 Å². The molecule has 3 atom stereocenters. The molecule has 1 aliphatic carbocycles. The van der Waals surface area contributed by atoms with Crippen molar-refractivity contribution in [1.29, 1.82) is 0 Å². The van der Waals surface area contributed by atoms with Crippen LogP contribution in [0, 0.1) is 17.8 Å². The van der Waals surface area contributed by atoms with E-state index in [-0.39, 0.29) is 18.6 Å². The molecule has 1 aliphatic rings. The van der Waals surface area contributed by atoms with Crippen molar-refractivity contribution in [3.8, 4) is 11.4 Å². The number of carbonyl (C=O) groups excluding carboxylic acids is 1. The van der Waals surface area contributed by atoms with Crippen LogP contribution in [0.1, 0.15) is 40.0 Å². The molecule has 1 saturated carbocycles. The zero-order valence-corrected chi connectivity index (χ0v) is 18.8. The van der Waals surface area contributed by atoms with Gasteiger partial charge in [0.05, 0.1) is 11.0 Å². The Hall–Kier alpha value is -3.31. The van der Waals surface area contributed by atoms with Crippen molar-refractivity contribution in [3.05, 3.63) is 59.0 Å². The molecule has 1 aromatic heterocycles. The fourth-order valence-corrected chi connectivity index (χ4v) is 4.77. The first-order valence-electron chi connectivity index (χ1n) is 11.3. The van der Waals surface area contributed by atoms with Crippen LogP contribution in [0.5, 0.6) is 0 Å². The Morgan fingerprint density at radius 2 is 1.97 bits per heavy atom. The monoisotopic (exact) mass is 431 g/mol. The molecule has 32 heavy (non-hydrogen) atoms. The third kappa shape index (κ3) is 4.63. The van der Waals surface area contributed by atoms with Gasteiger partial charge in [0.1, 0.15) is 18.5 Å². The maximum atomic E-state index is 13.1. The third-order valence-corrected chi connectivity index (χ3v) is 6.47. The molecule has 0 bridgehead atoms. The minimum atomic E-state index is -0.232. The van der Waals surface area contributed by atoms with Gasteiger partial charge in [-0.15, -0.1) is 0 Å². The molecule has 1 fully saturated rings. The average molecular weight is 432 g/mol. The van der Waals surface area contributed by atoms with Crippen molar-refractivity contribution in [2.75, 3.05) is 0 Å². The summed E-state index contributed by atoms with van der Waals surface area (Å²) in [7, 11) is 0. The van der Waals surface area contributed by atoms with Crippen LogP contribution in [-0.4, -0.2) is 21.6 Å². The predicted octanol–water partition coefficient (Wildman–Crippen LogP) is 6.65. The first kappa shape index (κ1) is 21.9. The first-order valence-corrected chi connectivity index (χ1v) is 11.3. The first-order chi connectivity index (χ1) is 15.5. The van der Waals surface area contributed by atoms with E-state index >= 15 is 0 Å². The number of fused-ring (bicyclic) bond motifs is 1. The Labute approximate surface area is 188 Å². The van der Waals surface area contributed by atoms with Gasteiger partial charge in [-0.2, -0.15) is 0 Å². The molecule has 7 nitrogen and oxygen atoms in total. The summed E-state index contributed by atoms with van der Waals surface area (Å²) in [6, 6.07) is 15.0.